The summed E-state index contributed by atoms with van der Waals surface area (Å²) >= 11 is 3.35. The molecule has 0 saturated carbocycles. The predicted octanol–water partition coefficient (Wildman–Crippen LogP) is 1.12. The highest BCUT2D eigenvalue weighted by molar-refractivity contribution is 9.10. The predicted molar refractivity (Wildman–Crippen MR) is 53.2 cm³/mol. The molecule has 0 aliphatic rings. The van der Waals surface area contributed by atoms with Crippen LogP contribution in [0.2, 0.25) is 0 Å². The summed E-state index contributed by atoms with van der Waals surface area (Å²) in [6, 6.07) is 1.80. The van der Waals surface area contributed by atoms with Gasteiger partial charge in [0.1, 0.15) is 6.61 Å². The first-order valence-electron chi connectivity index (χ1n) is 3.93. The maximum absolute atomic E-state index is 8.81. The Morgan fingerprint density at radius 2 is 2.36 bits per heavy atom. The summed E-state index contributed by atoms with van der Waals surface area (Å²) in [5.74, 6) is 0.993. The van der Waals surface area contributed by atoms with Crippen molar-refractivity contribution in [2.24, 2.45) is 0 Å². The Balaban J connectivity index is 2.44. The zero-order valence-electron chi connectivity index (χ0n) is 7.11. The molecule has 5 nitrogen and oxygen atoms in total. The van der Waals surface area contributed by atoms with Crippen molar-refractivity contribution < 1.29 is 5.11 Å². The van der Waals surface area contributed by atoms with Crippen LogP contribution in [0.3, 0.4) is 0 Å². The van der Waals surface area contributed by atoms with Crippen LogP contribution in [-0.2, 0) is 6.61 Å². The van der Waals surface area contributed by atoms with Crippen LogP contribution in [0.5, 0.6) is 0 Å². The van der Waals surface area contributed by atoms with E-state index in [0.29, 0.717) is 11.6 Å². The van der Waals surface area contributed by atoms with E-state index in [0.717, 1.165) is 10.0 Å². The highest BCUT2D eigenvalue weighted by atomic mass is 79.9. The van der Waals surface area contributed by atoms with Gasteiger partial charge in [-0.05, 0) is 22.0 Å². The fourth-order valence-corrected chi connectivity index (χ4v) is 1.47. The standard InChI is InChI=1S/C8H7BrN4O/c9-6-3-10-2-1-5(6)8-11-7(4-14)12-13-8/h1-3,14H,4H2,(H,11,12,13). The Kier molecular flexibility index (Phi) is 2.55. The molecule has 2 rings (SSSR count). The second-order valence-electron chi connectivity index (χ2n) is 2.62. The van der Waals surface area contributed by atoms with Gasteiger partial charge in [0, 0.05) is 22.4 Å². The maximum Gasteiger partial charge on any atom is 0.182 e. The number of pyridine rings is 1. The number of aliphatic hydroxyl groups excluding tert-OH is 1. The summed E-state index contributed by atoms with van der Waals surface area (Å²) in [7, 11) is 0. The van der Waals surface area contributed by atoms with Crippen LogP contribution in [0.1, 0.15) is 5.82 Å². The van der Waals surface area contributed by atoms with Crippen LogP contribution in [-0.4, -0.2) is 25.3 Å². The molecule has 0 bridgehead atoms. The lowest BCUT2D eigenvalue weighted by atomic mass is 10.2. The Morgan fingerprint density at radius 3 is 3.00 bits per heavy atom. The van der Waals surface area contributed by atoms with E-state index >= 15 is 0 Å². The molecule has 0 spiro atoms. The highest BCUT2D eigenvalue weighted by Crippen LogP contribution is 2.23. The van der Waals surface area contributed by atoms with Crippen molar-refractivity contribution in [1.29, 1.82) is 0 Å². The number of halogens is 1. The van der Waals surface area contributed by atoms with E-state index in [9.17, 15) is 0 Å². The van der Waals surface area contributed by atoms with Crippen LogP contribution < -0.4 is 0 Å². The van der Waals surface area contributed by atoms with Crippen LogP contribution >= 0.6 is 15.9 Å². The molecule has 0 radical (unpaired) electrons. The van der Waals surface area contributed by atoms with E-state index in [1.165, 1.54) is 0 Å². The fourth-order valence-electron chi connectivity index (χ4n) is 1.04. The van der Waals surface area contributed by atoms with Crippen LogP contribution in [0.4, 0.5) is 0 Å². The van der Waals surface area contributed by atoms with E-state index in [1.54, 1.807) is 18.5 Å². The molecular weight excluding hydrogens is 248 g/mol. The monoisotopic (exact) mass is 254 g/mol. The molecule has 14 heavy (non-hydrogen) atoms. The number of aliphatic hydroxyl groups is 1. The number of rotatable bonds is 2. The van der Waals surface area contributed by atoms with E-state index in [-0.39, 0.29) is 6.61 Å². The smallest absolute Gasteiger partial charge is 0.182 e. The van der Waals surface area contributed by atoms with E-state index in [4.69, 9.17) is 5.11 Å². The summed E-state index contributed by atoms with van der Waals surface area (Å²) in [5, 5.41) is 15.4. The maximum atomic E-state index is 8.81. The average Bonchev–Trinajstić information content (AvgIpc) is 2.67. The third kappa shape index (κ3) is 1.66. The van der Waals surface area contributed by atoms with Gasteiger partial charge in [-0.25, -0.2) is 4.98 Å². The molecule has 2 aromatic rings. The normalized spacial score (nSPS) is 10.4. The number of hydrogen-bond donors (Lipinski definition) is 2. The Morgan fingerprint density at radius 1 is 1.50 bits per heavy atom. The molecule has 0 aliphatic heterocycles. The molecule has 0 unspecified atom stereocenters. The van der Waals surface area contributed by atoms with Crippen molar-refractivity contribution in [1.82, 2.24) is 20.2 Å². The van der Waals surface area contributed by atoms with E-state index in [2.05, 4.69) is 36.1 Å². The summed E-state index contributed by atoms with van der Waals surface area (Å²) in [6.45, 7) is -0.143. The minimum absolute atomic E-state index is 0.143. The Labute approximate surface area is 88.4 Å². The van der Waals surface area contributed by atoms with Gasteiger partial charge in [-0.3, -0.25) is 10.1 Å². The second kappa shape index (κ2) is 3.85. The van der Waals surface area contributed by atoms with Gasteiger partial charge in [-0.2, -0.15) is 5.10 Å². The topological polar surface area (TPSA) is 74.7 Å². The van der Waals surface area contributed by atoms with Gasteiger partial charge >= 0.3 is 0 Å². The first-order chi connectivity index (χ1) is 6.81. The van der Waals surface area contributed by atoms with E-state index < -0.39 is 0 Å². The van der Waals surface area contributed by atoms with Crippen molar-refractivity contribution in [3.8, 4) is 11.4 Å². The largest absolute Gasteiger partial charge is 0.388 e. The average molecular weight is 255 g/mol. The zero-order valence-corrected chi connectivity index (χ0v) is 8.69. The molecule has 2 heterocycles. The van der Waals surface area contributed by atoms with Crippen molar-refractivity contribution >= 4 is 15.9 Å². The summed E-state index contributed by atoms with van der Waals surface area (Å²) in [4.78, 5) is 8.02. The second-order valence-corrected chi connectivity index (χ2v) is 3.47. The minimum Gasteiger partial charge on any atom is -0.388 e. The lowest BCUT2D eigenvalue weighted by Gasteiger charge is -1.96. The van der Waals surface area contributed by atoms with Crippen molar-refractivity contribution in [3.05, 3.63) is 28.8 Å². The molecular formula is C8H7BrN4O. The molecule has 72 valence electrons. The molecule has 0 aromatic carbocycles. The van der Waals surface area contributed by atoms with Gasteiger partial charge in [-0.1, -0.05) is 0 Å². The van der Waals surface area contributed by atoms with Crippen molar-refractivity contribution in [2.75, 3.05) is 0 Å². The van der Waals surface area contributed by atoms with Gasteiger partial charge in [0.2, 0.25) is 0 Å². The summed E-state index contributed by atoms with van der Waals surface area (Å²) < 4.78 is 0.823. The van der Waals surface area contributed by atoms with Gasteiger partial charge in [0.15, 0.2) is 11.6 Å². The lowest BCUT2D eigenvalue weighted by Crippen LogP contribution is -1.85. The Bertz CT molecular complexity index is 442. The van der Waals surface area contributed by atoms with Crippen molar-refractivity contribution in [2.45, 2.75) is 6.61 Å². The van der Waals surface area contributed by atoms with Gasteiger partial charge in [0.05, 0.1) is 0 Å². The third-order valence-electron chi connectivity index (χ3n) is 1.69. The molecule has 6 heteroatoms. The lowest BCUT2D eigenvalue weighted by molar-refractivity contribution is 0.272. The molecule has 0 aliphatic carbocycles. The third-order valence-corrected chi connectivity index (χ3v) is 2.33. The van der Waals surface area contributed by atoms with Gasteiger partial charge < -0.3 is 5.11 Å². The van der Waals surface area contributed by atoms with Gasteiger partial charge in [0.25, 0.3) is 0 Å². The first-order valence-corrected chi connectivity index (χ1v) is 4.72. The highest BCUT2D eigenvalue weighted by Gasteiger charge is 2.08. The van der Waals surface area contributed by atoms with Crippen LogP contribution in [0, 0.1) is 0 Å². The number of nitrogens with zero attached hydrogens (tertiary/aromatic N) is 3. The number of aromatic nitrogens is 4. The zero-order chi connectivity index (χ0) is 9.97. The minimum atomic E-state index is -0.143. The fraction of sp³-hybridized carbons (Fsp3) is 0.125. The number of nitrogens with one attached hydrogen (secondary N) is 1. The Hall–Kier alpha value is -1.27. The van der Waals surface area contributed by atoms with Crippen LogP contribution in [0.15, 0.2) is 22.9 Å². The molecule has 0 amide bonds. The van der Waals surface area contributed by atoms with Gasteiger partial charge in [-0.15, -0.1) is 0 Å². The molecule has 2 aromatic heterocycles. The molecule has 0 fully saturated rings. The SMILES string of the molecule is OCc1nc(-c2ccncc2Br)n[nH]1. The number of hydrogen-bond acceptors (Lipinski definition) is 4. The first kappa shape index (κ1) is 9.29. The number of H-pyrrole nitrogens is 1. The molecule has 2 N–H and O–H groups in total. The molecule has 0 atom stereocenters. The summed E-state index contributed by atoms with van der Waals surface area (Å²) in [6.07, 6.45) is 3.33. The molecule has 0 saturated heterocycles. The van der Waals surface area contributed by atoms with Crippen molar-refractivity contribution in [3.63, 3.8) is 0 Å². The van der Waals surface area contributed by atoms with E-state index in [1.807, 2.05) is 0 Å². The summed E-state index contributed by atoms with van der Waals surface area (Å²) in [5.41, 5.74) is 0.843. The quantitative estimate of drug-likeness (QED) is 0.843. The number of aromatic amines is 1. The van der Waals surface area contributed by atoms with Crippen LogP contribution in [0.25, 0.3) is 11.4 Å².